The summed E-state index contributed by atoms with van der Waals surface area (Å²) < 4.78 is 0. The van der Waals surface area contributed by atoms with Gasteiger partial charge in [-0.25, -0.2) is 0 Å². The molecule has 1 aliphatic carbocycles. The maximum atomic E-state index is 12.5. The fourth-order valence-corrected chi connectivity index (χ4v) is 4.28. The maximum Gasteiger partial charge on any atom is 0.220 e. The number of thiophene rings is 1. The highest BCUT2D eigenvalue weighted by Crippen LogP contribution is 2.38. The smallest absolute Gasteiger partial charge is 0.220 e. The summed E-state index contributed by atoms with van der Waals surface area (Å²) in [7, 11) is 0. The third-order valence-electron chi connectivity index (χ3n) is 5.13. The highest BCUT2D eigenvalue weighted by atomic mass is 32.1. The molecule has 134 valence electrons. The number of nitrogens with zero attached hydrogens (tertiary/aromatic N) is 1. The van der Waals surface area contributed by atoms with Crippen molar-refractivity contribution in [1.82, 2.24) is 10.3 Å². The summed E-state index contributed by atoms with van der Waals surface area (Å²) in [6.07, 6.45) is 4.29. The number of aryl methyl sites for hydroxylation is 1. The van der Waals surface area contributed by atoms with E-state index < -0.39 is 0 Å². The first-order chi connectivity index (χ1) is 12.7. The number of carbonyl (C=O) groups is 1. The molecule has 1 amide bonds. The van der Waals surface area contributed by atoms with Crippen LogP contribution in [-0.2, 0) is 11.2 Å². The van der Waals surface area contributed by atoms with Gasteiger partial charge in [0.15, 0.2) is 0 Å². The summed E-state index contributed by atoms with van der Waals surface area (Å²) >= 11 is 1.65. The van der Waals surface area contributed by atoms with Gasteiger partial charge in [0.25, 0.3) is 0 Å². The van der Waals surface area contributed by atoms with Crippen LogP contribution in [0.2, 0.25) is 0 Å². The molecule has 26 heavy (non-hydrogen) atoms. The van der Waals surface area contributed by atoms with E-state index in [1.165, 1.54) is 5.56 Å². The Morgan fingerprint density at radius 1 is 1.31 bits per heavy atom. The normalized spacial score (nSPS) is 20.5. The lowest BCUT2D eigenvalue weighted by molar-refractivity contribution is -0.123. The van der Waals surface area contributed by atoms with Crippen molar-refractivity contribution in [3.8, 4) is 0 Å². The molecule has 0 aliphatic heterocycles. The number of aliphatic hydroxyl groups excluding tert-OH is 1. The summed E-state index contributed by atoms with van der Waals surface area (Å²) in [6.45, 7) is 0. The molecule has 3 aromatic rings. The SMILES string of the molecule is O=C(CCc1ccsc1)N[C@H](c1cnc2ccccc2c1)C1CC(O)C1. The van der Waals surface area contributed by atoms with Gasteiger partial charge in [-0.15, -0.1) is 0 Å². The number of hydrogen-bond donors (Lipinski definition) is 2. The zero-order chi connectivity index (χ0) is 17.9. The molecular formula is C21H22N2O2S. The van der Waals surface area contributed by atoms with Gasteiger partial charge in [-0.2, -0.15) is 11.3 Å². The molecular weight excluding hydrogens is 344 g/mol. The topological polar surface area (TPSA) is 62.2 Å². The van der Waals surface area contributed by atoms with Crippen molar-refractivity contribution in [1.29, 1.82) is 0 Å². The minimum absolute atomic E-state index is 0.0516. The first kappa shape index (κ1) is 17.2. The van der Waals surface area contributed by atoms with Crippen LogP contribution in [0.25, 0.3) is 10.9 Å². The number of aliphatic hydroxyl groups is 1. The monoisotopic (exact) mass is 366 g/mol. The molecule has 0 radical (unpaired) electrons. The Balaban J connectivity index is 1.50. The average Bonchev–Trinajstić information content (AvgIpc) is 3.15. The quantitative estimate of drug-likeness (QED) is 0.696. The minimum Gasteiger partial charge on any atom is -0.393 e. The fourth-order valence-electron chi connectivity index (χ4n) is 3.57. The number of amides is 1. The number of fused-ring (bicyclic) bond motifs is 1. The Hall–Kier alpha value is -2.24. The molecule has 1 atom stereocenters. The number of aromatic nitrogens is 1. The first-order valence-corrected chi connectivity index (χ1v) is 9.96. The van der Waals surface area contributed by atoms with E-state index in [4.69, 9.17) is 0 Å². The van der Waals surface area contributed by atoms with Crippen LogP contribution in [0.3, 0.4) is 0 Å². The molecule has 4 rings (SSSR count). The average molecular weight is 366 g/mol. The number of nitrogens with one attached hydrogen (secondary N) is 1. The zero-order valence-electron chi connectivity index (χ0n) is 14.5. The van der Waals surface area contributed by atoms with Crippen LogP contribution < -0.4 is 5.32 Å². The summed E-state index contributed by atoms with van der Waals surface area (Å²) in [6, 6.07) is 12.1. The number of hydrogen-bond acceptors (Lipinski definition) is 4. The van der Waals surface area contributed by atoms with Gasteiger partial charge < -0.3 is 10.4 Å². The number of carbonyl (C=O) groups excluding carboxylic acids is 1. The van der Waals surface area contributed by atoms with Crippen LogP contribution in [0.15, 0.2) is 53.4 Å². The summed E-state index contributed by atoms with van der Waals surface area (Å²) in [5.41, 5.74) is 3.17. The largest absolute Gasteiger partial charge is 0.393 e. The first-order valence-electron chi connectivity index (χ1n) is 9.02. The van der Waals surface area contributed by atoms with Gasteiger partial charge in [0.1, 0.15) is 0 Å². The number of pyridine rings is 1. The molecule has 1 fully saturated rings. The molecule has 2 heterocycles. The molecule has 2 aromatic heterocycles. The molecule has 1 aromatic carbocycles. The highest BCUT2D eigenvalue weighted by molar-refractivity contribution is 7.07. The van der Waals surface area contributed by atoms with E-state index in [0.717, 1.165) is 35.7 Å². The minimum atomic E-state index is -0.251. The van der Waals surface area contributed by atoms with Gasteiger partial charge in [0.2, 0.25) is 5.91 Å². The van der Waals surface area contributed by atoms with E-state index in [-0.39, 0.29) is 24.0 Å². The van der Waals surface area contributed by atoms with Gasteiger partial charge in [-0.1, -0.05) is 18.2 Å². The molecule has 4 nitrogen and oxygen atoms in total. The van der Waals surface area contributed by atoms with Crippen molar-refractivity contribution in [2.24, 2.45) is 5.92 Å². The van der Waals surface area contributed by atoms with Crippen molar-refractivity contribution in [3.63, 3.8) is 0 Å². The number of benzene rings is 1. The van der Waals surface area contributed by atoms with Crippen LogP contribution >= 0.6 is 11.3 Å². The van der Waals surface area contributed by atoms with Crippen LogP contribution in [0.5, 0.6) is 0 Å². The molecule has 1 saturated carbocycles. The summed E-state index contributed by atoms with van der Waals surface area (Å²) in [5, 5.41) is 18.1. The molecule has 0 saturated heterocycles. The number of rotatable bonds is 6. The zero-order valence-corrected chi connectivity index (χ0v) is 15.3. The third-order valence-corrected chi connectivity index (χ3v) is 5.86. The summed E-state index contributed by atoms with van der Waals surface area (Å²) in [4.78, 5) is 17.1. The maximum absolute atomic E-state index is 12.5. The Morgan fingerprint density at radius 3 is 2.92 bits per heavy atom. The van der Waals surface area contributed by atoms with Crippen molar-refractivity contribution >= 4 is 28.1 Å². The highest BCUT2D eigenvalue weighted by Gasteiger charge is 2.35. The van der Waals surface area contributed by atoms with E-state index >= 15 is 0 Å². The van der Waals surface area contributed by atoms with E-state index in [1.54, 1.807) is 11.3 Å². The molecule has 5 heteroatoms. The van der Waals surface area contributed by atoms with Gasteiger partial charge in [0, 0.05) is 18.0 Å². The van der Waals surface area contributed by atoms with E-state index in [2.05, 4.69) is 27.8 Å². The van der Waals surface area contributed by atoms with Crippen LogP contribution in [0.1, 0.15) is 36.4 Å². The van der Waals surface area contributed by atoms with Crippen molar-refractivity contribution in [2.75, 3.05) is 0 Å². The molecule has 0 unspecified atom stereocenters. The van der Waals surface area contributed by atoms with Crippen molar-refractivity contribution in [3.05, 3.63) is 64.5 Å². The van der Waals surface area contributed by atoms with Gasteiger partial charge >= 0.3 is 0 Å². The molecule has 0 bridgehead atoms. The lowest BCUT2D eigenvalue weighted by Crippen LogP contribution is -2.41. The van der Waals surface area contributed by atoms with Gasteiger partial charge in [0.05, 0.1) is 17.7 Å². The predicted molar refractivity (Wildman–Crippen MR) is 104 cm³/mol. The Bertz CT molecular complexity index is 888. The third kappa shape index (κ3) is 3.79. The molecule has 1 aliphatic rings. The summed E-state index contributed by atoms with van der Waals surface area (Å²) in [5.74, 6) is 0.314. The second kappa shape index (κ2) is 7.56. The van der Waals surface area contributed by atoms with Crippen LogP contribution in [-0.4, -0.2) is 22.1 Å². The number of para-hydroxylation sites is 1. The second-order valence-electron chi connectivity index (χ2n) is 7.02. The second-order valence-corrected chi connectivity index (χ2v) is 7.80. The van der Waals surface area contributed by atoms with E-state index in [9.17, 15) is 9.90 Å². The Labute approximate surface area is 156 Å². The van der Waals surface area contributed by atoms with E-state index in [0.29, 0.717) is 6.42 Å². The van der Waals surface area contributed by atoms with Crippen LogP contribution in [0, 0.1) is 5.92 Å². The lowest BCUT2D eigenvalue weighted by atomic mass is 9.75. The Morgan fingerprint density at radius 2 is 2.15 bits per heavy atom. The fraction of sp³-hybridized carbons (Fsp3) is 0.333. The Kier molecular flexibility index (Phi) is 5.00. The standard InChI is InChI=1S/C21H22N2O2S/c24-18-10-16(11-18)21(23-20(25)6-5-14-7-8-26-13-14)17-9-15-3-1-2-4-19(15)22-12-17/h1-4,7-9,12-13,16,18,21,24H,5-6,10-11H2,(H,23,25)/t16?,18?,21-/m0/s1. The molecule has 2 N–H and O–H groups in total. The van der Waals surface area contributed by atoms with Gasteiger partial charge in [-0.3, -0.25) is 9.78 Å². The van der Waals surface area contributed by atoms with Crippen LogP contribution in [0.4, 0.5) is 0 Å². The van der Waals surface area contributed by atoms with Gasteiger partial charge in [-0.05, 0) is 65.3 Å². The molecule has 0 spiro atoms. The van der Waals surface area contributed by atoms with Crippen molar-refractivity contribution < 1.29 is 9.90 Å². The lowest BCUT2D eigenvalue weighted by Gasteiger charge is -2.38. The van der Waals surface area contributed by atoms with Crippen molar-refractivity contribution in [2.45, 2.75) is 37.8 Å². The van der Waals surface area contributed by atoms with E-state index in [1.807, 2.05) is 35.8 Å². The predicted octanol–water partition coefficient (Wildman–Crippen LogP) is 3.86.